The van der Waals surface area contributed by atoms with Gasteiger partial charge in [-0.05, 0) is 42.0 Å². The van der Waals surface area contributed by atoms with Crippen molar-refractivity contribution in [2.75, 3.05) is 12.5 Å². The second-order valence-corrected chi connectivity index (χ2v) is 7.30. The van der Waals surface area contributed by atoms with Crippen molar-refractivity contribution in [1.82, 2.24) is 0 Å². The van der Waals surface area contributed by atoms with Crippen molar-refractivity contribution in [2.45, 2.75) is 6.61 Å². The van der Waals surface area contributed by atoms with Gasteiger partial charge in [0.25, 0.3) is 5.69 Å². The maximum absolute atomic E-state index is 11.2. The number of hydrogen-bond acceptors (Lipinski definition) is 8. The van der Waals surface area contributed by atoms with E-state index in [9.17, 15) is 20.2 Å². The number of anilines is 1. The number of benzene rings is 3. The normalized spacial score (nSPS) is 10.8. The van der Waals surface area contributed by atoms with Crippen LogP contribution in [-0.2, 0) is 6.61 Å². The molecule has 0 unspecified atom stereocenters. The first-order valence-electron chi connectivity index (χ1n) is 9.25. The average molecular weight is 491 g/mol. The Balaban J connectivity index is 1.73. The van der Waals surface area contributed by atoms with Crippen LogP contribution in [0.1, 0.15) is 11.1 Å². The number of hydrogen-bond donors (Lipinski definition) is 1. The third-order valence-corrected chi connectivity index (χ3v) is 5.12. The fourth-order valence-corrected chi connectivity index (χ4v) is 3.27. The van der Waals surface area contributed by atoms with Crippen LogP contribution in [0.5, 0.6) is 11.5 Å². The number of nitrogens with one attached hydrogen (secondary N) is 1. The van der Waals surface area contributed by atoms with E-state index in [4.69, 9.17) is 32.7 Å². The zero-order chi connectivity index (χ0) is 24.0. The van der Waals surface area contributed by atoms with Gasteiger partial charge in [0.15, 0.2) is 11.5 Å². The lowest BCUT2D eigenvalue weighted by Crippen LogP contribution is -2.00. The summed E-state index contributed by atoms with van der Waals surface area (Å²) in [6.45, 7) is 0.133. The number of nitro groups is 2. The van der Waals surface area contributed by atoms with Crippen molar-refractivity contribution in [3.05, 3.63) is 96.0 Å². The molecule has 0 bridgehead atoms. The number of nitrogens with zero attached hydrogens (tertiary/aromatic N) is 3. The van der Waals surface area contributed by atoms with Gasteiger partial charge in [0.2, 0.25) is 0 Å². The lowest BCUT2D eigenvalue weighted by atomic mass is 10.2. The molecule has 0 saturated heterocycles. The molecule has 0 aliphatic rings. The Bertz CT molecular complexity index is 1220. The minimum atomic E-state index is -0.731. The molecule has 0 aliphatic heterocycles. The summed E-state index contributed by atoms with van der Waals surface area (Å²) >= 11 is 12.3. The molecule has 0 spiro atoms. The molecule has 0 saturated carbocycles. The van der Waals surface area contributed by atoms with Crippen molar-refractivity contribution in [1.29, 1.82) is 0 Å². The summed E-state index contributed by atoms with van der Waals surface area (Å²) < 4.78 is 11.2. The van der Waals surface area contributed by atoms with E-state index >= 15 is 0 Å². The van der Waals surface area contributed by atoms with Gasteiger partial charge in [-0.15, -0.1) is 0 Å². The average Bonchev–Trinajstić information content (AvgIpc) is 2.79. The lowest BCUT2D eigenvalue weighted by molar-refractivity contribution is -0.393. The highest BCUT2D eigenvalue weighted by molar-refractivity contribution is 6.35. The van der Waals surface area contributed by atoms with E-state index in [1.807, 2.05) is 0 Å². The predicted molar refractivity (Wildman–Crippen MR) is 125 cm³/mol. The first kappa shape index (κ1) is 23.8. The van der Waals surface area contributed by atoms with Gasteiger partial charge < -0.3 is 9.47 Å². The SMILES string of the molecule is COc1cc(/C=N\Nc2ccc([N+](=O)[O-])cc2[N+](=O)[O-])ccc1OCc1c(Cl)cccc1Cl. The van der Waals surface area contributed by atoms with E-state index in [1.165, 1.54) is 19.4 Å². The van der Waals surface area contributed by atoms with Crippen LogP contribution >= 0.6 is 23.2 Å². The van der Waals surface area contributed by atoms with Gasteiger partial charge >= 0.3 is 5.69 Å². The molecule has 10 nitrogen and oxygen atoms in total. The van der Waals surface area contributed by atoms with Gasteiger partial charge in [0.05, 0.1) is 29.2 Å². The molecule has 0 aromatic heterocycles. The second kappa shape index (κ2) is 10.6. The molecule has 0 amide bonds. The summed E-state index contributed by atoms with van der Waals surface area (Å²) in [6.07, 6.45) is 1.41. The largest absolute Gasteiger partial charge is 0.493 e. The summed E-state index contributed by atoms with van der Waals surface area (Å²) in [5, 5.41) is 27.0. The Kier molecular flexibility index (Phi) is 7.65. The number of methoxy groups -OCH3 is 1. The number of ether oxygens (including phenoxy) is 2. The molecule has 12 heteroatoms. The van der Waals surface area contributed by atoms with Crippen LogP contribution < -0.4 is 14.9 Å². The molecule has 3 rings (SSSR count). The summed E-state index contributed by atoms with van der Waals surface area (Å²) in [5.74, 6) is 0.869. The van der Waals surface area contributed by atoms with Crippen LogP contribution in [0.3, 0.4) is 0 Å². The minimum absolute atomic E-state index is 0.00499. The van der Waals surface area contributed by atoms with Crippen LogP contribution in [0.4, 0.5) is 17.1 Å². The van der Waals surface area contributed by atoms with Crippen molar-refractivity contribution in [3.8, 4) is 11.5 Å². The molecule has 33 heavy (non-hydrogen) atoms. The van der Waals surface area contributed by atoms with Crippen LogP contribution in [0.25, 0.3) is 0 Å². The van der Waals surface area contributed by atoms with Crippen LogP contribution in [-0.4, -0.2) is 23.2 Å². The quantitative estimate of drug-likeness (QED) is 0.226. The van der Waals surface area contributed by atoms with Crippen LogP contribution in [0, 0.1) is 20.2 Å². The maximum atomic E-state index is 11.2. The standard InChI is InChI=1S/C21H16Cl2N4O6/c1-32-21-9-13(5-8-20(21)33-12-15-16(22)3-2-4-17(15)23)11-24-25-18-7-6-14(26(28)29)10-19(18)27(30)31/h2-11,25H,12H2,1H3/b24-11-. The van der Waals surface area contributed by atoms with E-state index in [1.54, 1.807) is 36.4 Å². The molecule has 1 N–H and O–H groups in total. The van der Waals surface area contributed by atoms with Crippen LogP contribution in [0.2, 0.25) is 10.0 Å². The van der Waals surface area contributed by atoms with Crippen molar-refractivity contribution >= 4 is 46.5 Å². The van der Waals surface area contributed by atoms with Gasteiger partial charge in [0.1, 0.15) is 12.3 Å². The third kappa shape index (κ3) is 5.88. The van der Waals surface area contributed by atoms with Crippen LogP contribution in [0.15, 0.2) is 59.7 Å². The zero-order valence-electron chi connectivity index (χ0n) is 17.0. The van der Waals surface area contributed by atoms with Gasteiger partial charge in [-0.25, -0.2) is 0 Å². The topological polar surface area (TPSA) is 129 Å². The van der Waals surface area contributed by atoms with E-state index in [0.29, 0.717) is 32.7 Å². The Morgan fingerprint density at radius 3 is 2.36 bits per heavy atom. The summed E-state index contributed by atoms with van der Waals surface area (Å²) in [5.41, 5.74) is 2.91. The monoisotopic (exact) mass is 490 g/mol. The van der Waals surface area contributed by atoms with Gasteiger partial charge in [-0.1, -0.05) is 29.3 Å². The zero-order valence-corrected chi connectivity index (χ0v) is 18.5. The summed E-state index contributed by atoms with van der Waals surface area (Å²) in [6, 6.07) is 13.4. The molecule has 170 valence electrons. The van der Waals surface area contributed by atoms with Crippen molar-refractivity contribution < 1.29 is 19.3 Å². The van der Waals surface area contributed by atoms with E-state index in [2.05, 4.69) is 10.5 Å². The Hall–Kier alpha value is -3.89. The smallest absolute Gasteiger partial charge is 0.301 e. The van der Waals surface area contributed by atoms with Gasteiger partial charge in [-0.2, -0.15) is 5.10 Å². The first-order valence-corrected chi connectivity index (χ1v) is 10.0. The lowest BCUT2D eigenvalue weighted by Gasteiger charge is -2.13. The molecular weight excluding hydrogens is 475 g/mol. The molecular formula is C21H16Cl2N4O6. The molecule has 0 aliphatic carbocycles. The van der Waals surface area contributed by atoms with Gasteiger partial charge in [-0.3, -0.25) is 25.7 Å². The fraction of sp³-hybridized carbons (Fsp3) is 0.0952. The number of rotatable bonds is 9. The molecule has 0 fully saturated rings. The highest BCUT2D eigenvalue weighted by Crippen LogP contribution is 2.32. The number of non-ortho nitro benzene ring substituents is 1. The van der Waals surface area contributed by atoms with Crippen molar-refractivity contribution in [3.63, 3.8) is 0 Å². The number of nitro benzene ring substituents is 2. The fourth-order valence-electron chi connectivity index (χ4n) is 2.76. The number of hydrazone groups is 1. The van der Waals surface area contributed by atoms with Gasteiger partial charge in [0, 0.05) is 21.7 Å². The molecule has 0 atom stereocenters. The maximum Gasteiger partial charge on any atom is 0.301 e. The molecule has 3 aromatic carbocycles. The van der Waals surface area contributed by atoms with E-state index < -0.39 is 21.2 Å². The Labute approximate surface area is 197 Å². The van der Waals surface area contributed by atoms with Crippen molar-refractivity contribution in [2.24, 2.45) is 5.10 Å². The highest BCUT2D eigenvalue weighted by atomic mass is 35.5. The number of halogens is 2. The molecule has 3 aromatic rings. The minimum Gasteiger partial charge on any atom is -0.493 e. The van der Waals surface area contributed by atoms with E-state index in [-0.39, 0.29) is 12.3 Å². The molecule has 0 radical (unpaired) electrons. The third-order valence-electron chi connectivity index (χ3n) is 4.41. The second-order valence-electron chi connectivity index (χ2n) is 6.48. The summed E-state index contributed by atoms with van der Waals surface area (Å²) in [7, 11) is 1.48. The first-order chi connectivity index (χ1) is 15.8. The Morgan fingerprint density at radius 1 is 1.00 bits per heavy atom. The summed E-state index contributed by atoms with van der Waals surface area (Å²) in [4.78, 5) is 20.6. The van der Waals surface area contributed by atoms with E-state index in [0.717, 1.165) is 12.1 Å². The predicted octanol–water partition coefficient (Wildman–Crippen LogP) is 5.84. The Morgan fingerprint density at radius 2 is 1.73 bits per heavy atom. The molecule has 0 heterocycles. The highest BCUT2D eigenvalue weighted by Gasteiger charge is 2.19.